The van der Waals surface area contributed by atoms with E-state index in [2.05, 4.69) is 34.0 Å². The molecular formula is C7H9PS. The molecule has 0 aliphatic heterocycles. The van der Waals surface area contributed by atoms with Crippen molar-refractivity contribution in [3.63, 3.8) is 0 Å². The van der Waals surface area contributed by atoms with Gasteiger partial charge in [0.05, 0.1) is 0 Å². The largest absolute Gasteiger partial charge is 0.143 e. The average Bonchev–Trinajstić information content (AvgIpc) is 1.88. The van der Waals surface area contributed by atoms with Crippen molar-refractivity contribution in [1.82, 2.24) is 0 Å². The highest BCUT2D eigenvalue weighted by Crippen LogP contribution is 2.10. The maximum Gasteiger partial charge on any atom is 0.00428 e. The van der Waals surface area contributed by atoms with E-state index in [9.17, 15) is 0 Å². The predicted molar refractivity (Wildman–Crippen MR) is 47.1 cm³/mol. The number of thiol groups is 1. The van der Waals surface area contributed by atoms with Gasteiger partial charge in [0.1, 0.15) is 0 Å². The molecule has 0 aromatic heterocycles. The van der Waals surface area contributed by atoms with Gasteiger partial charge in [-0.3, -0.25) is 0 Å². The minimum absolute atomic E-state index is 1.01. The van der Waals surface area contributed by atoms with Crippen LogP contribution in [0.4, 0.5) is 0 Å². The van der Waals surface area contributed by atoms with Crippen molar-refractivity contribution in [2.45, 2.75) is 11.1 Å². The van der Waals surface area contributed by atoms with E-state index in [4.69, 9.17) is 0 Å². The van der Waals surface area contributed by atoms with E-state index in [1.54, 1.807) is 0 Å². The molecule has 0 heterocycles. The Morgan fingerprint density at radius 2 is 2.22 bits per heavy atom. The maximum atomic E-state index is 4.20. The van der Waals surface area contributed by atoms with Crippen LogP contribution >= 0.6 is 21.9 Å². The zero-order chi connectivity index (χ0) is 6.69. The van der Waals surface area contributed by atoms with Crippen molar-refractivity contribution >= 4 is 21.9 Å². The van der Waals surface area contributed by atoms with Crippen molar-refractivity contribution in [2.75, 3.05) is 0 Å². The van der Waals surface area contributed by atoms with E-state index >= 15 is 0 Å². The van der Waals surface area contributed by atoms with Gasteiger partial charge in [-0.2, -0.15) is 0 Å². The molecule has 9 heavy (non-hydrogen) atoms. The highest BCUT2D eigenvalue weighted by molar-refractivity contribution is 7.80. The third-order valence-corrected chi connectivity index (χ3v) is 1.90. The first-order chi connectivity index (χ1) is 4.33. The Morgan fingerprint density at radius 1 is 1.44 bits per heavy atom. The summed E-state index contributed by atoms with van der Waals surface area (Å²) in [5.41, 5.74) is 1.31. The van der Waals surface area contributed by atoms with E-state index in [0.717, 1.165) is 11.1 Å². The molecule has 0 spiro atoms. The standard InChI is InChI=1S/C7H9PS/c8-5-6-2-1-3-7(9)4-6/h1-4,9H,5,8H2. The summed E-state index contributed by atoms with van der Waals surface area (Å²) in [6, 6.07) is 8.15. The second-order valence-electron chi connectivity index (χ2n) is 1.87. The Morgan fingerprint density at radius 3 is 2.67 bits per heavy atom. The number of benzene rings is 1. The molecular weight excluding hydrogens is 147 g/mol. The van der Waals surface area contributed by atoms with Crippen molar-refractivity contribution in [3.05, 3.63) is 29.8 Å². The van der Waals surface area contributed by atoms with Gasteiger partial charge in [0, 0.05) is 4.90 Å². The Balaban J connectivity index is 2.94. The first kappa shape index (κ1) is 7.11. The van der Waals surface area contributed by atoms with Crippen LogP contribution in [-0.4, -0.2) is 0 Å². The monoisotopic (exact) mass is 156 g/mol. The molecule has 0 fully saturated rings. The van der Waals surface area contributed by atoms with Gasteiger partial charge in [-0.1, -0.05) is 12.1 Å². The lowest BCUT2D eigenvalue weighted by Crippen LogP contribution is -1.74. The van der Waals surface area contributed by atoms with Gasteiger partial charge in [0.15, 0.2) is 0 Å². The summed E-state index contributed by atoms with van der Waals surface area (Å²) in [4.78, 5) is 1.04. The minimum atomic E-state index is 1.01. The fourth-order valence-electron chi connectivity index (χ4n) is 0.683. The average molecular weight is 156 g/mol. The highest BCUT2D eigenvalue weighted by atomic mass is 32.1. The van der Waals surface area contributed by atoms with Gasteiger partial charge < -0.3 is 0 Å². The first-order valence-electron chi connectivity index (χ1n) is 2.81. The number of hydrogen-bond acceptors (Lipinski definition) is 1. The normalized spacial score (nSPS) is 9.56. The Kier molecular flexibility index (Phi) is 2.56. The molecule has 0 bridgehead atoms. The summed E-state index contributed by atoms with van der Waals surface area (Å²) in [6.07, 6.45) is 1.01. The van der Waals surface area contributed by atoms with E-state index < -0.39 is 0 Å². The minimum Gasteiger partial charge on any atom is -0.143 e. The number of rotatable bonds is 1. The molecule has 2 heteroatoms. The van der Waals surface area contributed by atoms with Crippen LogP contribution in [0.5, 0.6) is 0 Å². The van der Waals surface area contributed by atoms with Crippen molar-refractivity contribution in [3.8, 4) is 0 Å². The van der Waals surface area contributed by atoms with Crippen LogP contribution in [0, 0.1) is 0 Å². The fourth-order valence-corrected chi connectivity index (χ4v) is 1.19. The van der Waals surface area contributed by atoms with Gasteiger partial charge in [-0.25, -0.2) is 0 Å². The van der Waals surface area contributed by atoms with E-state index in [1.165, 1.54) is 5.56 Å². The molecule has 0 amide bonds. The summed E-state index contributed by atoms with van der Waals surface area (Å²) in [5, 5.41) is 0. The first-order valence-corrected chi connectivity index (χ1v) is 4.07. The van der Waals surface area contributed by atoms with Crippen LogP contribution < -0.4 is 0 Å². The van der Waals surface area contributed by atoms with Gasteiger partial charge in [-0.05, 0) is 23.9 Å². The Hall–Kier alpha value is -0.0000000000000000555. The van der Waals surface area contributed by atoms with Crippen LogP contribution in [-0.2, 0) is 6.16 Å². The third kappa shape index (κ3) is 2.00. The molecule has 1 aromatic carbocycles. The molecule has 0 nitrogen and oxygen atoms in total. The van der Waals surface area contributed by atoms with Gasteiger partial charge in [-0.15, -0.1) is 21.9 Å². The molecule has 1 aromatic rings. The van der Waals surface area contributed by atoms with Crippen molar-refractivity contribution in [1.29, 1.82) is 0 Å². The zero-order valence-electron chi connectivity index (χ0n) is 5.04. The molecule has 0 N–H and O–H groups in total. The van der Waals surface area contributed by atoms with E-state index in [-0.39, 0.29) is 0 Å². The van der Waals surface area contributed by atoms with Crippen molar-refractivity contribution < 1.29 is 0 Å². The second-order valence-corrected chi connectivity index (χ2v) is 2.80. The molecule has 0 aliphatic carbocycles. The lowest BCUT2D eigenvalue weighted by atomic mass is 10.2. The van der Waals surface area contributed by atoms with E-state index in [0.29, 0.717) is 0 Å². The maximum absolute atomic E-state index is 4.20. The molecule has 1 unspecified atom stereocenters. The van der Waals surface area contributed by atoms with E-state index in [1.807, 2.05) is 12.1 Å². The van der Waals surface area contributed by atoms with Gasteiger partial charge in [0.2, 0.25) is 0 Å². The molecule has 48 valence electrons. The summed E-state index contributed by atoms with van der Waals surface area (Å²) >= 11 is 4.20. The zero-order valence-corrected chi connectivity index (χ0v) is 7.09. The third-order valence-electron chi connectivity index (χ3n) is 1.15. The Labute approximate surface area is 63.3 Å². The van der Waals surface area contributed by atoms with Crippen LogP contribution in [0.2, 0.25) is 0 Å². The van der Waals surface area contributed by atoms with Crippen LogP contribution in [0.1, 0.15) is 5.56 Å². The predicted octanol–water partition coefficient (Wildman–Crippen LogP) is 2.35. The van der Waals surface area contributed by atoms with Gasteiger partial charge >= 0.3 is 0 Å². The van der Waals surface area contributed by atoms with Crippen LogP contribution in [0.25, 0.3) is 0 Å². The Bertz CT molecular complexity index is 198. The van der Waals surface area contributed by atoms with Crippen LogP contribution in [0.15, 0.2) is 29.2 Å². The molecule has 0 aliphatic rings. The summed E-state index contributed by atoms with van der Waals surface area (Å²) in [7, 11) is 2.68. The lowest BCUT2D eigenvalue weighted by molar-refractivity contribution is 1.34. The lowest BCUT2D eigenvalue weighted by Gasteiger charge is -1.94. The fraction of sp³-hybridized carbons (Fsp3) is 0.143. The number of hydrogen-bond donors (Lipinski definition) is 1. The molecule has 1 atom stereocenters. The SMILES string of the molecule is PCc1cccc(S)c1. The summed E-state index contributed by atoms with van der Waals surface area (Å²) < 4.78 is 0. The molecule has 1 rings (SSSR count). The van der Waals surface area contributed by atoms with Gasteiger partial charge in [0.25, 0.3) is 0 Å². The highest BCUT2D eigenvalue weighted by Gasteiger charge is 1.86. The molecule has 0 saturated heterocycles. The topological polar surface area (TPSA) is 0 Å². The quantitative estimate of drug-likeness (QED) is 0.468. The van der Waals surface area contributed by atoms with Crippen LogP contribution in [0.3, 0.4) is 0 Å². The molecule has 0 saturated carbocycles. The molecule has 0 radical (unpaired) electrons. The smallest absolute Gasteiger partial charge is 0.00428 e. The second kappa shape index (κ2) is 3.24. The summed E-state index contributed by atoms with van der Waals surface area (Å²) in [6.45, 7) is 0. The summed E-state index contributed by atoms with van der Waals surface area (Å²) in [5.74, 6) is 0. The van der Waals surface area contributed by atoms with Crippen molar-refractivity contribution in [2.24, 2.45) is 0 Å².